The summed E-state index contributed by atoms with van der Waals surface area (Å²) < 4.78 is 32.6. The highest BCUT2D eigenvalue weighted by Crippen LogP contribution is 2.43. The van der Waals surface area contributed by atoms with E-state index in [4.69, 9.17) is 24.3 Å². The van der Waals surface area contributed by atoms with Crippen LogP contribution >= 0.6 is 7.82 Å². The lowest BCUT2D eigenvalue weighted by atomic mass is 9.89. The van der Waals surface area contributed by atoms with E-state index >= 15 is 0 Å². The van der Waals surface area contributed by atoms with E-state index < -0.39 is 57.4 Å². The Morgan fingerprint density at radius 2 is 1.54 bits per heavy atom. The number of nitrogens with two attached hydrogens (primary N) is 1. The summed E-state index contributed by atoms with van der Waals surface area (Å²) in [7, 11) is -4.46. The van der Waals surface area contributed by atoms with E-state index in [0.29, 0.717) is 19.3 Å². The van der Waals surface area contributed by atoms with Gasteiger partial charge in [-0.15, -0.1) is 0 Å². The number of hydrogen-bond donors (Lipinski definition) is 5. The molecule has 1 rings (SSSR count). The van der Waals surface area contributed by atoms with Gasteiger partial charge in [0, 0.05) is 25.3 Å². The van der Waals surface area contributed by atoms with E-state index in [0.717, 1.165) is 70.6 Å². The first kappa shape index (κ1) is 49.6. The van der Waals surface area contributed by atoms with Crippen LogP contribution in [0.1, 0.15) is 123 Å². The van der Waals surface area contributed by atoms with Crippen molar-refractivity contribution in [2.75, 3.05) is 26.4 Å². The van der Waals surface area contributed by atoms with Gasteiger partial charge in [-0.2, -0.15) is 0 Å². The van der Waals surface area contributed by atoms with E-state index in [1.54, 1.807) is 24.3 Å². The summed E-state index contributed by atoms with van der Waals surface area (Å²) in [5.41, 5.74) is 5.33. The normalized spacial score (nSPS) is 21.5. The van der Waals surface area contributed by atoms with Crippen molar-refractivity contribution in [1.29, 1.82) is 0 Å². The first-order valence-electron chi connectivity index (χ1n) is 20.0. The number of esters is 2. The number of allylic oxidation sites excluding steroid dienone is 7. The SMILES string of the molecule is CC/C=C\C/C=C\C/C=C\CCCCCCCC(=O)O[C@H](COC(=O)C/C=C\C[C@H]1[C@@H](/C=C/[C@H](O)CCCCC)[C@H](O)C[C@@H]1O)COP(=O)(O)OCCN. The third-order valence-corrected chi connectivity index (χ3v) is 9.97. The molecule has 310 valence electrons. The van der Waals surface area contributed by atoms with E-state index in [1.807, 2.05) is 0 Å². The molecule has 0 aromatic heterocycles. The van der Waals surface area contributed by atoms with Crippen molar-refractivity contribution >= 4 is 19.8 Å². The van der Waals surface area contributed by atoms with Gasteiger partial charge in [-0.05, 0) is 57.3 Å². The highest BCUT2D eigenvalue weighted by molar-refractivity contribution is 7.47. The molecule has 1 aliphatic rings. The van der Waals surface area contributed by atoms with Crippen molar-refractivity contribution in [3.63, 3.8) is 0 Å². The van der Waals surface area contributed by atoms with Gasteiger partial charge >= 0.3 is 19.8 Å². The van der Waals surface area contributed by atoms with Gasteiger partial charge in [0.25, 0.3) is 0 Å². The molecule has 7 atom stereocenters. The Hall–Kier alpha value is -2.41. The fourth-order valence-electron chi connectivity index (χ4n) is 5.97. The minimum atomic E-state index is -4.46. The quantitative estimate of drug-likeness (QED) is 0.0198. The molecular formula is C41H70NO11P. The van der Waals surface area contributed by atoms with Crippen LogP contribution in [0.4, 0.5) is 0 Å². The number of carbonyl (C=O) groups excluding carboxylic acids is 2. The predicted octanol–water partition coefficient (Wildman–Crippen LogP) is 7.31. The third-order valence-electron chi connectivity index (χ3n) is 8.99. The number of hydrogen-bond acceptors (Lipinski definition) is 11. The lowest BCUT2D eigenvalue weighted by Gasteiger charge is -2.20. The number of unbranched alkanes of at least 4 members (excludes halogenated alkanes) is 7. The van der Waals surface area contributed by atoms with Gasteiger partial charge in [0.15, 0.2) is 6.10 Å². The minimum Gasteiger partial charge on any atom is -0.461 e. The number of phosphoric acid groups is 1. The molecule has 1 fully saturated rings. The van der Waals surface area contributed by atoms with Crippen LogP contribution in [0.5, 0.6) is 0 Å². The van der Waals surface area contributed by atoms with Crippen molar-refractivity contribution in [2.24, 2.45) is 17.6 Å². The maximum absolute atomic E-state index is 12.6. The molecule has 0 saturated heterocycles. The Morgan fingerprint density at radius 1 is 0.833 bits per heavy atom. The highest BCUT2D eigenvalue weighted by atomic mass is 31.2. The molecule has 0 radical (unpaired) electrons. The van der Waals surface area contributed by atoms with Gasteiger partial charge in [0.05, 0.1) is 37.9 Å². The second-order valence-electron chi connectivity index (χ2n) is 13.8. The zero-order valence-corrected chi connectivity index (χ0v) is 33.7. The van der Waals surface area contributed by atoms with Gasteiger partial charge < -0.3 is 35.4 Å². The maximum atomic E-state index is 12.6. The largest absolute Gasteiger partial charge is 0.472 e. The average molecular weight is 784 g/mol. The number of carbonyl (C=O) groups is 2. The highest BCUT2D eigenvalue weighted by Gasteiger charge is 2.39. The van der Waals surface area contributed by atoms with Crippen LogP contribution < -0.4 is 5.73 Å². The molecule has 0 amide bonds. The molecule has 1 saturated carbocycles. The lowest BCUT2D eigenvalue weighted by molar-refractivity contribution is -0.160. The van der Waals surface area contributed by atoms with Crippen LogP contribution in [0.2, 0.25) is 0 Å². The molecule has 0 spiro atoms. The molecule has 0 aromatic rings. The van der Waals surface area contributed by atoms with Gasteiger partial charge in [-0.25, -0.2) is 4.57 Å². The average Bonchev–Trinajstić information content (AvgIpc) is 3.41. The fourth-order valence-corrected chi connectivity index (χ4v) is 6.74. The molecule has 0 heterocycles. The molecule has 13 heteroatoms. The zero-order valence-electron chi connectivity index (χ0n) is 32.8. The molecule has 54 heavy (non-hydrogen) atoms. The second kappa shape index (κ2) is 31.8. The fraction of sp³-hybridized carbons (Fsp3) is 0.707. The maximum Gasteiger partial charge on any atom is 0.472 e. The van der Waals surface area contributed by atoms with Crippen LogP contribution in [-0.2, 0) is 32.7 Å². The Balaban J connectivity index is 2.51. The van der Waals surface area contributed by atoms with E-state index in [9.17, 15) is 34.4 Å². The van der Waals surface area contributed by atoms with Crippen molar-refractivity contribution in [3.8, 4) is 0 Å². The lowest BCUT2D eigenvalue weighted by Crippen LogP contribution is -2.29. The first-order valence-corrected chi connectivity index (χ1v) is 21.5. The Morgan fingerprint density at radius 3 is 2.26 bits per heavy atom. The minimum absolute atomic E-state index is 0.00305. The van der Waals surface area contributed by atoms with Gasteiger partial charge in [0.2, 0.25) is 0 Å². The Kier molecular flexibility index (Phi) is 29.2. The van der Waals surface area contributed by atoms with Crippen molar-refractivity contribution < 1.29 is 52.9 Å². The summed E-state index contributed by atoms with van der Waals surface area (Å²) in [6.45, 7) is 3.09. The van der Waals surface area contributed by atoms with Crippen LogP contribution in [0.3, 0.4) is 0 Å². The zero-order chi connectivity index (χ0) is 39.9. The molecule has 1 aliphatic carbocycles. The van der Waals surface area contributed by atoms with Gasteiger partial charge in [-0.3, -0.25) is 18.6 Å². The number of phosphoric ester groups is 1. The summed E-state index contributed by atoms with van der Waals surface area (Å²) in [6.07, 6.45) is 29.6. The van der Waals surface area contributed by atoms with Crippen molar-refractivity contribution in [1.82, 2.24) is 0 Å². The molecule has 0 aromatic carbocycles. The van der Waals surface area contributed by atoms with Crippen LogP contribution in [0, 0.1) is 11.8 Å². The Bertz CT molecular complexity index is 1190. The van der Waals surface area contributed by atoms with Crippen molar-refractivity contribution in [3.05, 3.63) is 60.8 Å². The van der Waals surface area contributed by atoms with Gasteiger partial charge in [-0.1, -0.05) is 113 Å². The molecule has 12 nitrogen and oxygen atoms in total. The second-order valence-corrected chi connectivity index (χ2v) is 15.2. The van der Waals surface area contributed by atoms with E-state index in [1.165, 1.54) is 0 Å². The van der Waals surface area contributed by atoms with E-state index in [2.05, 4.69) is 50.3 Å². The first-order chi connectivity index (χ1) is 26.0. The summed E-state index contributed by atoms with van der Waals surface area (Å²) in [5.74, 6) is -1.76. The van der Waals surface area contributed by atoms with Crippen molar-refractivity contribution in [2.45, 2.75) is 147 Å². The molecule has 6 N–H and O–H groups in total. The van der Waals surface area contributed by atoms with Crippen LogP contribution in [0.25, 0.3) is 0 Å². The van der Waals surface area contributed by atoms with Crippen LogP contribution in [-0.4, -0.2) is 82.9 Å². The number of ether oxygens (including phenoxy) is 2. The predicted molar refractivity (Wildman–Crippen MR) is 212 cm³/mol. The smallest absolute Gasteiger partial charge is 0.461 e. The standard InChI is InChI=1S/C41H70NO11P/c1-3-5-7-8-9-10-11-12-13-14-15-16-17-18-20-26-41(47)53-35(33-52-54(48,49)51-30-29-42)32-50-40(46)25-22-21-24-36-37(39(45)31-38(36)44)28-27-34(43)23-19-6-4-2/h5,7,9-10,12-13,21-22,27-28,34-39,43-45H,3-4,6,8,11,14-20,23-26,29-33,42H2,1-2H3,(H,48,49)/b7-5-,10-9-,13-12-,22-21-,28-27+/t34-,35-,36+,37-,38+,39-/m1/s1. The Labute approximate surface area is 324 Å². The summed E-state index contributed by atoms with van der Waals surface area (Å²) in [4.78, 5) is 35.0. The monoisotopic (exact) mass is 783 g/mol. The molecule has 1 unspecified atom stereocenters. The van der Waals surface area contributed by atoms with Gasteiger partial charge in [0.1, 0.15) is 6.61 Å². The molecule has 0 bridgehead atoms. The number of aliphatic hydroxyl groups is 3. The van der Waals surface area contributed by atoms with Crippen LogP contribution in [0.15, 0.2) is 60.8 Å². The summed E-state index contributed by atoms with van der Waals surface area (Å²) >= 11 is 0. The van der Waals surface area contributed by atoms with E-state index in [-0.39, 0.29) is 44.2 Å². The number of rotatable bonds is 32. The summed E-state index contributed by atoms with van der Waals surface area (Å²) in [5, 5.41) is 31.3. The topological polar surface area (TPSA) is 195 Å². The molecular weight excluding hydrogens is 713 g/mol. The third kappa shape index (κ3) is 25.6. The summed E-state index contributed by atoms with van der Waals surface area (Å²) in [6, 6.07) is 0. The number of aliphatic hydroxyl groups excluding tert-OH is 3. The molecule has 0 aliphatic heterocycles.